The molecule has 1 heteroatoms. The standard InChI is InChI=1S/C14H14O/c1-11-6-2-3-7-12(11)10-13-8-4-5-9-14(13)15/h2-9,15H,10H2,1H3. The highest BCUT2D eigenvalue weighted by Crippen LogP contribution is 2.20. The maximum Gasteiger partial charge on any atom is 0.119 e. The quantitative estimate of drug-likeness (QED) is 0.785. The van der Waals surface area contributed by atoms with Crippen molar-refractivity contribution in [3.63, 3.8) is 0 Å². The Kier molecular flexibility index (Phi) is 2.72. The van der Waals surface area contributed by atoms with Crippen LogP contribution in [0.1, 0.15) is 16.7 Å². The Morgan fingerprint density at radius 1 is 0.867 bits per heavy atom. The molecule has 15 heavy (non-hydrogen) atoms. The Labute approximate surface area is 90.0 Å². The van der Waals surface area contributed by atoms with Gasteiger partial charge < -0.3 is 5.11 Å². The largest absolute Gasteiger partial charge is 0.508 e. The van der Waals surface area contributed by atoms with Crippen molar-refractivity contribution in [2.45, 2.75) is 13.3 Å². The van der Waals surface area contributed by atoms with Crippen molar-refractivity contribution in [3.8, 4) is 5.75 Å². The number of rotatable bonds is 2. The van der Waals surface area contributed by atoms with E-state index < -0.39 is 0 Å². The van der Waals surface area contributed by atoms with Gasteiger partial charge in [0.2, 0.25) is 0 Å². The average Bonchev–Trinajstić information content (AvgIpc) is 2.24. The van der Waals surface area contributed by atoms with E-state index in [1.165, 1.54) is 11.1 Å². The van der Waals surface area contributed by atoms with Gasteiger partial charge in [-0.15, -0.1) is 0 Å². The fourth-order valence-electron chi connectivity index (χ4n) is 1.67. The molecular weight excluding hydrogens is 184 g/mol. The lowest BCUT2D eigenvalue weighted by Gasteiger charge is -2.06. The third kappa shape index (κ3) is 2.18. The van der Waals surface area contributed by atoms with Crippen molar-refractivity contribution in [2.24, 2.45) is 0 Å². The molecular formula is C14H14O. The zero-order valence-electron chi connectivity index (χ0n) is 8.77. The number of hydrogen-bond donors (Lipinski definition) is 1. The minimum atomic E-state index is 0.376. The van der Waals surface area contributed by atoms with Crippen LogP contribution in [0.2, 0.25) is 0 Å². The molecule has 1 nitrogen and oxygen atoms in total. The van der Waals surface area contributed by atoms with E-state index in [9.17, 15) is 5.11 Å². The van der Waals surface area contributed by atoms with E-state index in [4.69, 9.17) is 0 Å². The molecule has 0 aliphatic carbocycles. The van der Waals surface area contributed by atoms with Crippen LogP contribution < -0.4 is 0 Å². The fraction of sp³-hybridized carbons (Fsp3) is 0.143. The smallest absolute Gasteiger partial charge is 0.119 e. The molecule has 0 unspecified atom stereocenters. The average molecular weight is 198 g/mol. The molecule has 0 aliphatic heterocycles. The van der Waals surface area contributed by atoms with E-state index in [-0.39, 0.29) is 0 Å². The van der Waals surface area contributed by atoms with E-state index in [1.807, 2.05) is 30.3 Å². The molecule has 0 radical (unpaired) electrons. The SMILES string of the molecule is Cc1ccccc1Cc1ccccc1O. The third-order valence-electron chi connectivity index (χ3n) is 2.63. The molecule has 0 saturated heterocycles. The highest BCUT2D eigenvalue weighted by Gasteiger charge is 2.02. The minimum Gasteiger partial charge on any atom is -0.508 e. The first-order valence-electron chi connectivity index (χ1n) is 5.09. The van der Waals surface area contributed by atoms with Gasteiger partial charge in [-0.25, -0.2) is 0 Å². The van der Waals surface area contributed by atoms with Gasteiger partial charge in [-0.2, -0.15) is 0 Å². The zero-order chi connectivity index (χ0) is 10.7. The number of phenolic OH excluding ortho intramolecular Hbond substituents is 1. The Hall–Kier alpha value is -1.76. The Bertz CT molecular complexity index is 417. The molecule has 2 aromatic rings. The molecule has 1 N–H and O–H groups in total. The van der Waals surface area contributed by atoms with Crippen LogP contribution >= 0.6 is 0 Å². The van der Waals surface area contributed by atoms with E-state index in [1.54, 1.807) is 6.07 Å². The number of aryl methyl sites for hydroxylation is 1. The molecule has 76 valence electrons. The summed E-state index contributed by atoms with van der Waals surface area (Å²) in [5.74, 6) is 0.376. The fourth-order valence-corrected chi connectivity index (χ4v) is 1.67. The Morgan fingerprint density at radius 3 is 2.13 bits per heavy atom. The maximum absolute atomic E-state index is 9.66. The highest BCUT2D eigenvalue weighted by atomic mass is 16.3. The lowest BCUT2D eigenvalue weighted by atomic mass is 10.0. The molecule has 0 aromatic heterocycles. The molecule has 0 fully saturated rings. The second-order valence-electron chi connectivity index (χ2n) is 3.73. The van der Waals surface area contributed by atoms with Gasteiger partial charge in [0, 0.05) is 6.42 Å². The first kappa shape index (κ1) is 9.78. The summed E-state index contributed by atoms with van der Waals surface area (Å²) >= 11 is 0. The Morgan fingerprint density at radius 2 is 1.47 bits per heavy atom. The molecule has 0 heterocycles. The van der Waals surface area contributed by atoms with Crippen molar-refractivity contribution in [2.75, 3.05) is 0 Å². The van der Waals surface area contributed by atoms with Gasteiger partial charge in [0.1, 0.15) is 5.75 Å². The van der Waals surface area contributed by atoms with Gasteiger partial charge in [-0.1, -0.05) is 42.5 Å². The molecule has 0 bridgehead atoms. The van der Waals surface area contributed by atoms with Crippen molar-refractivity contribution in [1.82, 2.24) is 0 Å². The number of benzene rings is 2. The summed E-state index contributed by atoms with van der Waals surface area (Å²) < 4.78 is 0. The molecule has 0 saturated carbocycles. The molecule has 0 amide bonds. The number of para-hydroxylation sites is 1. The second kappa shape index (κ2) is 4.18. The van der Waals surface area contributed by atoms with Crippen LogP contribution in [0.4, 0.5) is 0 Å². The molecule has 0 aliphatic rings. The van der Waals surface area contributed by atoms with Crippen LogP contribution in [0.25, 0.3) is 0 Å². The zero-order valence-corrected chi connectivity index (χ0v) is 8.77. The van der Waals surface area contributed by atoms with Crippen LogP contribution in [0.15, 0.2) is 48.5 Å². The van der Waals surface area contributed by atoms with Crippen LogP contribution in [0, 0.1) is 6.92 Å². The summed E-state index contributed by atoms with van der Waals surface area (Å²) in [5, 5.41) is 9.66. The van der Waals surface area contributed by atoms with Crippen LogP contribution in [-0.4, -0.2) is 5.11 Å². The minimum absolute atomic E-state index is 0.376. The Balaban J connectivity index is 2.30. The van der Waals surface area contributed by atoms with Crippen molar-refractivity contribution >= 4 is 0 Å². The predicted molar refractivity (Wildman–Crippen MR) is 62.1 cm³/mol. The summed E-state index contributed by atoms with van der Waals surface area (Å²) in [4.78, 5) is 0. The normalized spacial score (nSPS) is 10.2. The monoisotopic (exact) mass is 198 g/mol. The summed E-state index contributed by atoms with van der Waals surface area (Å²) in [6.45, 7) is 2.09. The van der Waals surface area contributed by atoms with E-state index in [2.05, 4.69) is 19.1 Å². The first-order valence-corrected chi connectivity index (χ1v) is 5.09. The van der Waals surface area contributed by atoms with Crippen LogP contribution in [-0.2, 0) is 6.42 Å². The lowest BCUT2D eigenvalue weighted by molar-refractivity contribution is 0.469. The van der Waals surface area contributed by atoms with Gasteiger partial charge in [-0.3, -0.25) is 0 Å². The van der Waals surface area contributed by atoms with E-state index in [0.717, 1.165) is 12.0 Å². The van der Waals surface area contributed by atoms with Crippen LogP contribution in [0.3, 0.4) is 0 Å². The molecule has 0 atom stereocenters. The lowest BCUT2D eigenvalue weighted by Crippen LogP contribution is -1.91. The predicted octanol–water partition coefficient (Wildman–Crippen LogP) is 3.29. The van der Waals surface area contributed by atoms with Gasteiger partial charge in [0.25, 0.3) is 0 Å². The van der Waals surface area contributed by atoms with Gasteiger partial charge >= 0.3 is 0 Å². The van der Waals surface area contributed by atoms with Gasteiger partial charge in [0.05, 0.1) is 0 Å². The first-order chi connectivity index (χ1) is 7.27. The van der Waals surface area contributed by atoms with Crippen molar-refractivity contribution < 1.29 is 5.11 Å². The van der Waals surface area contributed by atoms with Crippen LogP contribution in [0.5, 0.6) is 5.75 Å². The van der Waals surface area contributed by atoms with Gasteiger partial charge in [-0.05, 0) is 29.7 Å². The molecule has 2 rings (SSSR count). The third-order valence-corrected chi connectivity index (χ3v) is 2.63. The number of aromatic hydroxyl groups is 1. The second-order valence-corrected chi connectivity index (χ2v) is 3.73. The summed E-state index contributed by atoms with van der Waals surface area (Å²) in [6.07, 6.45) is 0.791. The molecule has 2 aromatic carbocycles. The number of hydrogen-bond acceptors (Lipinski definition) is 1. The van der Waals surface area contributed by atoms with Crippen molar-refractivity contribution in [1.29, 1.82) is 0 Å². The van der Waals surface area contributed by atoms with E-state index >= 15 is 0 Å². The summed E-state index contributed by atoms with van der Waals surface area (Å²) in [7, 11) is 0. The maximum atomic E-state index is 9.66. The highest BCUT2D eigenvalue weighted by molar-refractivity contribution is 5.38. The number of phenols is 1. The topological polar surface area (TPSA) is 20.2 Å². The summed E-state index contributed by atoms with van der Waals surface area (Å²) in [5.41, 5.74) is 3.51. The van der Waals surface area contributed by atoms with Gasteiger partial charge in [0.15, 0.2) is 0 Å². The van der Waals surface area contributed by atoms with Crippen molar-refractivity contribution in [3.05, 3.63) is 65.2 Å². The molecule has 0 spiro atoms. The van der Waals surface area contributed by atoms with E-state index in [0.29, 0.717) is 5.75 Å². The summed E-state index contributed by atoms with van der Waals surface area (Å²) in [6, 6.07) is 15.7.